The molecule has 0 radical (unpaired) electrons. The molecular weight excluding hydrogens is 282 g/mol. The molecule has 5 heteroatoms. The van der Waals surface area contributed by atoms with Gasteiger partial charge in [-0.15, -0.1) is 0 Å². The largest absolute Gasteiger partial charge is 0.479 e. The minimum atomic E-state index is -2.57. The maximum absolute atomic E-state index is 12.7. The second-order valence-electron chi connectivity index (χ2n) is 4.91. The standard InChI is InChI=1S/C17H15NO4/c18-17(11-19,16(21)22)15(20)14(12-7-3-1-4-8-12)13-9-5-2-6-10-13/h1-11,14H,18H2,(H,21,22). The van der Waals surface area contributed by atoms with E-state index in [1.807, 2.05) is 0 Å². The Bertz CT molecular complexity index is 645. The number of carbonyl (C=O) groups excluding carboxylic acids is 2. The highest BCUT2D eigenvalue weighted by atomic mass is 16.4. The highest BCUT2D eigenvalue weighted by Crippen LogP contribution is 2.28. The maximum Gasteiger partial charge on any atom is 0.339 e. The van der Waals surface area contributed by atoms with E-state index in [-0.39, 0.29) is 6.29 Å². The molecule has 0 aromatic heterocycles. The van der Waals surface area contributed by atoms with Gasteiger partial charge in [-0.05, 0) is 11.1 Å². The smallest absolute Gasteiger partial charge is 0.339 e. The summed E-state index contributed by atoms with van der Waals surface area (Å²) in [6.45, 7) is 0. The fraction of sp³-hybridized carbons (Fsp3) is 0.118. The van der Waals surface area contributed by atoms with Gasteiger partial charge in [0.25, 0.3) is 0 Å². The van der Waals surface area contributed by atoms with Crippen LogP contribution in [0.2, 0.25) is 0 Å². The Kier molecular flexibility index (Phi) is 4.48. The van der Waals surface area contributed by atoms with E-state index in [4.69, 9.17) is 10.8 Å². The molecule has 1 unspecified atom stereocenters. The van der Waals surface area contributed by atoms with Crippen molar-refractivity contribution in [1.82, 2.24) is 0 Å². The Hall–Kier alpha value is -2.79. The van der Waals surface area contributed by atoms with Crippen LogP contribution in [0.15, 0.2) is 60.7 Å². The zero-order valence-electron chi connectivity index (χ0n) is 11.7. The molecule has 0 saturated heterocycles. The topological polar surface area (TPSA) is 97.5 Å². The fourth-order valence-corrected chi connectivity index (χ4v) is 2.24. The van der Waals surface area contributed by atoms with Crippen molar-refractivity contribution in [2.45, 2.75) is 11.5 Å². The number of carboxylic acids is 1. The lowest BCUT2D eigenvalue weighted by molar-refractivity contribution is -0.150. The first-order valence-electron chi connectivity index (χ1n) is 6.63. The Morgan fingerprint density at radius 3 is 1.68 bits per heavy atom. The Morgan fingerprint density at radius 2 is 1.36 bits per heavy atom. The molecule has 0 saturated carbocycles. The van der Waals surface area contributed by atoms with E-state index in [1.54, 1.807) is 60.7 Å². The van der Waals surface area contributed by atoms with Gasteiger partial charge < -0.3 is 15.6 Å². The highest BCUT2D eigenvalue weighted by Gasteiger charge is 2.46. The molecule has 2 rings (SSSR count). The molecule has 3 N–H and O–H groups in total. The number of ketones is 1. The van der Waals surface area contributed by atoms with E-state index in [9.17, 15) is 14.4 Å². The van der Waals surface area contributed by atoms with E-state index < -0.39 is 23.2 Å². The SMILES string of the molecule is NC(C=O)(C(=O)O)C(=O)C(c1ccccc1)c1ccccc1. The number of hydrogen-bond donors (Lipinski definition) is 2. The van der Waals surface area contributed by atoms with Gasteiger partial charge in [0.1, 0.15) is 0 Å². The average Bonchev–Trinajstić information content (AvgIpc) is 2.56. The molecule has 22 heavy (non-hydrogen) atoms. The predicted molar refractivity (Wildman–Crippen MR) is 80.4 cm³/mol. The van der Waals surface area contributed by atoms with Crippen LogP contribution in [-0.4, -0.2) is 28.7 Å². The Morgan fingerprint density at radius 1 is 0.955 bits per heavy atom. The van der Waals surface area contributed by atoms with Crippen molar-refractivity contribution in [1.29, 1.82) is 0 Å². The number of aldehydes is 1. The van der Waals surface area contributed by atoms with E-state index in [0.29, 0.717) is 11.1 Å². The van der Waals surface area contributed by atoms with Gasteiger partial charge in [-0.1, -0.05) is 60.7 Å². The number of hydrogen-bond acceptors (Lipinski definition) is 4. The zero-order valence-corrected chi connectivity index (χ0v) is 11.7. The van der Waals surface area contributed by atoms with Gasteiger partial charge in [-0.25, -0.2) is 4.79 Å². The van der Waals surface area contributed by atoms with E-state index in [1.165, 1.54) is 0 Å². The van der Waals surface area contributed by atoms with Crippen LogP contribution >= 0.6 is 0 Å². The number of nitrogens with two attached hydrogens (primary N) is 1. The molecule has 1 atom stereocenters. The van der Waals surface area contributed by atoms with Crippen molar-refractivity contribution < 1.29 is 19.5 Å². The third-order valence-corrected chi connectivity index (χ3v) is 3.48. The number of rotatable bonds is 6. The number of Topliss-reactive ketones (excluding diaryl/α,β-unsaturated/α-hetero) is 1. The highest BCUT2D eigenvalue weighted by molar-refractivity contribution is 6.23. The maximum atomic E-state index is 12.7. The molecular formula is C17H15NO4. The van der Waals surface area contributed by atoms with Gasteiger partial charge in [0, 0.05) is 0 Å². The summed E-state index contributed by atoms with van der Waals surface area (Å²) in [7, 11) is 0. The van der Waals surface area contributed by atoms with Gasteiger partial charge in [-0.2, -0.15) is 0 Å². The number of carbonyl (C=O) groups is 3. The third kappa shape index (κ3) is 2.80. The van der Waals surface area contributed by atoms with Crippen LogP contribution in [-0.2, 0) is 14.4 Å². The molecule has 0 aliphatic rings. The summed E-state index contributed by atoms with van der Waals surface area (Å²) in [5.74, 6) is -3.45. The second-order valence-corrected chi connectivity index (χ2v) is 4.91. The summed E-state index contributed by atoms with van der Waals surface area (Å²) in [5, 5.41) is 9.17. The van der Waals surface area contributed by atoms with E-state index in [0.717, 1.165) is 0 Å². The van der Waals surface area contributed by atoms with Crippen molar-refractivity contribution in [2.24, 2.45) is 5.73 Å². The first-order chi connectivity index (χ1) is 10.5. The minimum Gasteiger partial charge on any atom is -0.479 e. The summed E-state index contributed by atoms with van der Waals surface area (Å²) < 4.78 is 0. The molecule has 0 spiro atoms. The van der Waals surface area contributed by atoms with Crippen molar-refractivity contribution in [3.63, 3.8) is 0 Å². The molecule has 0 amide bonds. The molecule has 2 aromatic carbocycles. The van der Waals surface area contributed by atoms with Crippen LogP contribution in [0.5, 0.6) is 0 Å². The molecule has 0 heterocycles. The average molecular weight is 297 g/mol. The van der Waals surface area contributed by atoms with Gasteiger partial charge in [0.05, 0.1) is 5.92 Å². The summed E-state index contributed by atoms with van der Waals surface area (Å²) in [6, 6.07) is 17.3. The van der Waals surface area contributed by atoms with Gasteiger partial charge in [0.2, 0.25) is 5.54 Å². The summed E-state index contributed by atoms with van der Waals surface area (Å²) in [4.78, 5) is 35.1. The molecule has 0 aliphatic heterocycles. The van der Waals surface area contributed by atoms with Crippen molar-refractivity contribution >= 4 is 18.0 Å². The van der Waals surface area contributed by atoms with Crippen LogP contribution < -0.4 is 5.73 Å². The lowest BCUT2D eigenvalue weighted by atomic mass is 9.79. The van der Waals surface area contributed by atoms with Gasteiger partial charge >= 0.3 is 5.97 Å². The lowest BCUT2D eigenvalue weighted by Gasteiger charge is -2.24. The van der Waals surface area contributed by atoms with Gasteiger partial charge in [-0.3, -0.25) is 4.79 Å². The van der Waals surface area contributed by atoms with Crippen molar-refractivity contribution in [3.05, 3.63) is 71.8 Å². The summed E-state index contributed by atoms with van der Waals surface area (Å²) >= 11 is 0. The minimum absolute atomic E-state index is 0.0173. The van der Waals surface area contributed by atoms with Crippen LogP contribution in [0.1, 0.15) is 17.0 Å². The van der Waals surface area contributed by atoms with Crippen LogP contribution in [0, 0.1) is 0 Å². The molecule has 5 nitrogen and oxygen atoms in total. The Balaban J connectivity index is 2.57. The number of benzene rings is 2. The summed E-state index contributed by atoms with van der Waals surface area (Å²) in [5.41, 5.74) is 4.13. The molecule has 2 aromatic rings. The fourth-order valence-electron chi connectivity index (χ4n) is 2.24. The van der Waals surface area contributed by atoms with Crippen LogP contribution in [0.25, 0.3) is 0 Å². The van der Waals surface area contributed by atoms with Crippen LogP contribution in [0.4, 0.5) is 0 Å². The molecule has 0 bridgehead atoms. The predicted octanol–water partition coefficient (Wildman–Crippen LogP) is 1.37. The Labute approximate surface area is 127 Å². The van der Waals surface area contributed by atoms with Crippen LogP contribution in [0.3, 0.4) is 0 Å². The summed E-state index contributed by atoms with van der Waals surface area (Å²) in [6.07, 6.45) is -0.0173. The molecule has 0 aliphatic carbocycles. The second kappa shape index (κ2) is 6.32. The van der Waals surface area contributed by atoms with Crippen molar-refractivity contribution in [2.75, 3.05) is 0 Å². The number of carboxylic acid groups (broad SMARTS) is 1. The zero-order chi connectivity index (χ0) is 16.2. The normalized spacial score (nSPS) is 13.4. The van der Waals surface area contributed by atoms with Gasteiger partial charge in [0.15, 0.2) is 12.1 Å². The molecule has 0 fully saturated rings. The first kappa shape index (κ1) is 15.6. The number of aliphatic carboxylic acids is 1. The monoisotopic (exact) mass is 297 g/mol. The third-order valence-electron chi connectivity index (χ3n) is 3.48. The quantitative estimate of drug-likeness (QED) is 0.620. The first-order valence-corrected chi connectivity index (χ1v) is 6.63. The molecule has 112 valence electrons. The lowest BCUT2D eigenvalue weighted by Crippen LogP contribution is -2.58. The van der Waals surface area contributed by atoms with E-state index in [2.05, 4.69) is 0 Å². The van der Waals surface area contributed by atoms with Crippen molar-refractivity contribution in [3.8, 4) is 0 Å². The van der Waals surface area contributed by atoms with E-state index >= 15 is 0 Å².